The van der Waals surface area contributed by atoms with Crippen molar-refractivity contribution in [3.05, 3.63) is 21.9 Å². The number of nitrogens with zero attached hydrogens (tertiary/aromatic N) is 1. The Morgan fingerprint density at radius 2 is 2.50 bits per heavy atom. The van der Waals surface area contributed by atoms with E-state index in [2.05, 4.69) is 22.7 Å². The molecule has 0 aliphatic carbocycles. The minimum Gasteiger partial charge on any atom is -0.278 e. The van der Waals surface area contributed by atoms with Crippen LogP contribution >= 0.6 is 23.1 Å². The van der Waals surface area contributed by atoms with E-state index in [1.165, 1.54) is 28.3 Å². The van der Waals surface area contributed by atoms with Crippen molar-refractivity contribution in [2.45, 2.75) is 12.8 Å². The van der Waals surface area contributed by atoms with Crippen LogP contribution in [0.5, 0.6) is 0 Å². The maximum atomic E-state index is 4.54. The molecular formula is C9H11NS2. The van der Waals surface area contributed by atoms with E-state index >= 15 is 0 Å². The summed E-state index contributed by atoms with van der Waals surface area (Å²) in [7, 11) is 0. The molecular weight excluding hydrogens is 186 g/mol. The molecule has 2 heterocycles. The third kappa shape index (κ3) is 1.43. The van der Waals surface area contributed by atoms with E-state index in [-0.39, 0.29) is 0 Å². The Kier molecular flexibility index (Phi) is 2.51. The summed E-state index contributed by atoms with van der Waals surface area (Å²) >= 11 is 3.63. The average Bonchev–Trinajstić information content (AvgIpc) is 2.46. The van der Waals surface area contributed by atoms with E-state index in [1.807, 2.05) is 11.3 Å². The zero-order valence-electron chi connectivity index (χ0n) is 7.04. The number of hydrogen-bond donors (Lipinski definition) is 0. The van der Waals surface area contributed by atoms with Gasteiger partial charge in [-0.3, -0.25) is 4.99 Å². The maximum Gasteiger partial charge on any atom is 0.0985 e. The van der Waals surface area contributed by atoms with E-state index in [0.29, 0.717) is 0 Å². The van der Waals surface area contributed by atoms with Crippen LogP contribution in [0.2, 0.25) is 0 Å². The lowest BCUT2D eigenvalue weighted by molar-refractivity contribution is 0.855. The molecule has 0 aromatic carbocycles. The molecule has 0 spiro atoms. The summed E-state index contributed by atoms with van der Waals surface area (Å²) in [5.41, 5.74) is 1.38. The van der Waals surface area contributed by atoms with Crippen molar-refractivity contribution in [2.24, 2.45) is 4.99 Å². The molecule has 0 amide bonds. The second-order valence-corrected chi connectivity index (χ2v) is 4.55. The molecule has 0 unspecified atom stereocenters. The molecule has 64 valence electrons. The fraction of sp³-hybridized carbons (Fsp3) is 0.444. The minimum absolute atomic E-state index is 0.998. The van der Waals surface area contributed by atoms with Gasteiger partial charge in [0.2, 0.25) is 0 Å². The third-order valence-corrected chi connectivity index (χ3v) is 3.70. The normalized spacial score (nSPS) is 16.6. The molecule has 1 aromatic heterocycles. The highest BCUT2D eigenvalue weighted by atomic mass is 32.2. The third-order valence-electron chi connectivity index (χ3n) is 1.99. The van der Waals surface area contributed by atoms with E-state index in [9.17, 15) is 0 Å². The number of hydrogen-bond acceptors (Lipinski definition) is 3. The number of fused-ring (bicyclic) bond motifs is 1. The molecule has 0 bridgehead atoms. The lowest BCUT2D eigenvalue weighted by Crippen LogP contribution is -1.93. The van der Waals surface area contributed by atoms with Crippen LogP contribution in [0.15, 0.2) is 16.4 Å². The molecule has 0 N–H and O–H groups in total. The summed E-state index contributed by atoms with van der Waals surface area (Å²) in [5.74, 6) is 0. The van der Waals surface area contributed by atoms with Gasteiger partial charge in [-0.2, -0.15) is 0 Å². The van der Waals surface area contributed by atoms with Gasteiger partial charge in [0, 0.05) is 17.0 Å². The van der Waals surface area contributed by atoms with Gasteiger partial charge in [0.25, 0.3) is 0 Å². The van der Waals surface area contributed by atoms with E-state index in [0.717, 1.165) is 6.54 Å². The first-order chi connectivity index (χ1) is 5.92. The number of thiophene rings is 1. The fourth-order valence-electron chi connectivity index (χ4n) is 1.40. The van der Waals surface area contributed by atoms with Crippen LogP contribution < -0.4 is 0 Å². The fourth-order valence-corrected chi connectivity index (χ4v) is 3.02. The molecule has 1 nitrogen and oxygen atoms in total. The van der Waals surface area contributed by atoms with Crippen molar-refractivity contribution in [3.63, 3.8) is 0 Å². The van der Waals surface area contributed by atoms with Gasteiger partial charge in [0.05, 0.1) is 5.04 Å². The van der Waals surface area contributed by atoms with Gasteiger partial charge < -0.3 is 0 Å². The van der Waals surface area contributed by atoms with E-state index in [1.54, 1.807) is 11.8 Å². The predicted octanol–water partition coefficient (Wildman–Crippen LogP) is 2.80. The molecule has 3 heteroatoms. The zero-order chi connectivity index (χ0) is 8.39. The molecule has 12 heavy (non-hydrogen) atoms. The highest BCUT2D eigenvalue weighted by molar-refractivity contribution is 8.13. The second kappa shape index (κ2) is 3.62. The maximum absolute atomic E-state index is 4.54. The van der Waals surface area contributed by atoms with Crippen LogP contribution in [-0.2, 0) is 6.42 Å². The van der Waals surface area contributed by atoms with Gasteiger partial charge in [-0.15, -0.1) is 23.1 Å². The van der Waals surface area contributed by atoms with Crippen LogP contribution in [0, 0.1) is 0 Å². The highest BCUT2D eigenvalue weighted by Gasteiger charge is 2.12. The van der Waals surface area contributed by atoms with Gasteiger partial charge in [-0.1, -0.05) is 0 Å². The van der Waals surface area contributed by atoms with Crippen LogP contribution in [-0.4, -0.2) is 17.8 Å². The molecule has 0 saturated heterocycles. The van der Waals surface area contributed by atoms with Crippen molar-refractivity contribution >= 4 is 28.1 Å². The standard InChI is InChI=1S/C9H11NS2/c1-11-9-7-4-6-12-8(7)3-2-5-10-9/h4,6H,2-3,5H2,1H3. The van der Waals surface area contributed by atoms with Crippen LogP contribution in [0.4, 0.5) is 0 Å². The van der Waals surface area contributed by atoms with E-state index < -0.39 is 0 Å². The molecule has 1 aliphatic rings. The Hall–Kier alpha value is -0.280. The molecule has 1 aliphatic heterocycles. The Labute approximate surface area is 80.9 Å². The van der Waals surface area contributed by atoms with Crippen molar-refractivity contribution in [1.29, 1.82) is 0 Å². The first-order valence-corrected chi connectivity index (χ1v) is 6.17. The van der Waals surface area contributed by atoms with Gasteiger partial charge in [-0.25, -0.2) is 0 Å². The molecule has 1 aromatic rings. The lowest BCUT2D eigenvalue weighted by Gasteiger charge is -1.98. The summed E-state index contributed by atoms with van der Waals surface area (Å²) in [6.45, 7) is 0.998. The molecule has 2 rings (SSSR count). The second-order valence-electron chi connectivity index (χ2n) is 2.75. The summed E-state index contributed by atoms with van der Waals surface area (Å²) in [4.78, 5) is 6.06. The Bertz CT molecular complexity index is 301. The van der Waals surface area contributed by atoms with Gasteiger partial charge in [-0.05, 0) is 30.5 Å². The van der Waals surface area contributed by atoms with Gasteiger partial charge >= 0.3 is 0 Å². The lowest BCUT2D eigenvalue weighted by atomic mass is 10.2. The first kappa shape index (κ1) is 8.32. The summed E-state index contributed by atoms with van der Waals surface area (Å²) in [6.07, 6.45) is 4.52. The molecule has 0 fully saturated rings. The topological polar surface area (TPSA) is 12.4 Å². The highest BCUT2D eigenvalue weighted by Crippen LogP contribution is 2.25. The largest absolute Gasteiger partial charge is 0.278 e. The predicted molar refractivity (Wildman–Crippen MR) is 57.6 cm³/mol. The van der Waals surface area contributed by atoms with Crippen LogP contribution in [0.1, 0.15) is 16.9 Å². The summed E-state index contributed by atoms with van der Waals surface area (Å²) in [6, 6.07) is 2.20. The average molecular weight is 197 g/mol. The number of thioether (sulfide) groups is 1. The summed E-state index contributed by atoms with van der Waals surface area (Å²) in [5, 5.41) is 3.39. The molecule has 0 atom stereocenters. The van der Waals surface area contributed by atoms with E-state index in [4.69, 9.17) is 0 Å². The molecule has 0 radical (unpaired) electrons. The van der Waals surface area contributed by atoms with Gasteiger partial charge in [0.15, 0.2) is 0 Å². The Morgan fingerprint density at radius 1 is 1.58 bits per heavy atom. The summed E-state index contributed by atoms with van der Waals surface area (Å²) < 4.78 is 0. The molecule has 0 saturated carbocycles. The Balaban J connectivity index is 2.42. The van der Waals surface area contributed by atoms with Crippen LogP contribution in [0.25, 0.3) is 0 Å². The number of rotatable bonds is 0. The SMILES string of the molecule is CSC1=NCCCc2sccc21. The monoisotopic (exact) mass is 197 g/mol. The zero-order valence-corrected chi connectivity index (χ0v) is 8.67. The van der Waals surface area contributed by atoms with Crippen molar-refractivity contribution < 1.29 is 0 Å². The number of aryl methyl sites for hydroxylation is 1. The van der Waals surface area contributed by atoms with Crippen LogP contribution in [0.3, 0.4) is 0 Å². The smallest absolute Gasteiger partial charge is 0.0985 e. The van der Waals surface area contributed by atoms with Crippen molar-refractivity contribution in [1.82, 2.24) is 0 Å². The van der Waals surface area contributed by atoms with Gasteiger partial charge in [0.1, 0.15) is 0 Å². The number of aliphatic imine (C=N–C) groups is 1. The Morgan fingerprint density at radius 3 is 3.33 bits per heavy atom. The quantitative estimate of drug-likeness (QED) is 0.623. The first-order valence-electron chi connectivity index (χ1n) is 4.07. The van der Waals surface area contributed by atoms with Crippen molar-refractivity contribution in [2.75, 3.05) is 12.8 Å². The van der Waals surface area contributed by atoms with Crippen molar-refractivity contribution in [3.8, 4) is 0 Å². The minimum atomic E-state index is 0.998.